The van der Waals surface area contributed by atoms with E-state index in [2.05, 4.69) is 9.84 Å². The maximum atomic E-state index is 11.8. The van der Waals surface area contributed by atoms with Gasteiger partial charge in [-0.3, -0.25) is 4.79 Å². The number of nitrogens with zero attached hydrogens (tertiary/aromatic N) is 2. The molecule has 120 valence electrons. The van der Waals surface area contributed by atoms with Gasteiger partial charge in [0.05, 0.1) is 12.8 Å². The number of hydrogen-bond acceptors (Lipinski definition) is 5. The Morgan fingerprint density at radius 1 is 1.29 bits per heavy atom. The first-order valence-corrected chi connectivity index (χ1v) is 6.47. The first-order chi connectivity index (χ1) is 9.92. The Balaban J connectivity index is 2.34. The molecule has 0 aromatic carbocycles. The molecule has 9 heteroatoms. The normalized spacial score (nSPS) is 11.6. The van der Waals surface area contributed by atoms with Crippen molar-refractivity contribution in [3.63, 3.8) is 0 Å². The highest BCUT2D eigenvalue weighted by molar-refractivity contribution is 5.13. The molecule has 21 heavy (non-hydrogen) atoms. The van der Waals surface area contributed by atoms with Crippen LogP contribution in [0.5, 0.6) is 5.75 Å². The molecule has 0 radical (unpaired) electrons. The van der Waals surface area contributed by atoms with Crippen molar-refractivity contribution < 1.29 is 22.6 Å². The highest BCUT2D eigenvalue weighted by Gasteiger charge is 2.27. The molecule has 2 N–H and O–H groups in total. The molecule has 0 aliphatic rings. The Hall–Kier alpha value is -1.61. The maximum Gasteiger partial charge on any atom is 0.411 e. The van der Waals surface area contributed by atoms with E-state index in [-0.39, 0.29) is 25.1 Å². The predicted molar refractivity (Wildman–Crippen MR) is 69.2 cm³/mol. The second kappa shape index (κ2) is 8.63. The van der Waals surface area contributed by atoms with Gasteiger partial charge < -0.3 is 15.2 Å². The zero-order chi connectivity index (χ0) is 15.7. The molecule has 0 spiro atoms. The fourth-order valence-corrected chi connectivity index (χ4v) is 1.44. The number of ether oxygens (including phenoxy) is 2. The summed E-state index contributed by atoms with van der Waals surface area (Å²) in [7, 11) is 0. The van der Waals surface area contributed by atoms with Gasteiger partial charge in [0.25, 0.3) is 5.56 Å². The highest BCUT2D eigenvalue weighted by Crippen LogP contribution is 2.14. The number of rotatable bonds is 9. The molecule has 1 heterocycles. The number of alkyl halides is 3. The highest BCUT2D eigenvalue weighted by atomic mass is 19.4. The van der Waals surface area contributed by atoms with Crippen LogP contribution in [0.4, 0.5) is 13.2 Å². The zero-order valence-electron chi connectivity index (χ0n) is 11.4. The van der Waals surface area contributed by atoms with E-state index in [0.29, 0.717) is 25.3 Å². The third-order valence-corrected chi connectivity index (χ3v) is 2.39. The SMILES string of the molecule is NCCCOc1cnn(CCCOCC(F)(F)F)c(=O)c1. The monoisotopic (exact) mass is 309 g/mol. The fourth-order valence-electron chi connectivity index (χ4n) is 1.44. The Morgan fingerprint density at radius 2 is 2.05 bits per heavy atom. The summed E-state index contributed by atoms with van der Waals surface area (Å²) in [6, 6.07) is 1.28. The molecule has 0 unspecified atom stereocenters. The quantitative estimate of drug-likeness (QED) is 0.687. The average Bonchev–Trinajstić information content (AvgIpc) is 2.39. The van der Waals surface area contributed by atoms with E-state index in [1.165, 1.54) is 12.3 Å². The summed E-state index contributed by atoms with van der Waals surface area (Å²) >= 11 is 0. The number of hydrogen-bond donors (Lipinski definition) is 1. The minimum absolute atomic E-state index is 0.0949. The van der Waals surface area contributed by atoms with Gasteiger partial charge in [0.2, 0.25) is 0 Å². The van der Waals surface area contributed by atoms with Gasteiger partial charge in [-0.25, -0.2) is 4.68 Å². The summed E-state index contributed by atoms with van der Waals surface area (Å²) < 4.78 is 46.3. The minimum Gasteiger partial charge on any atom is -0.492 e. The van der Waals surface area contributed by atoms with Gasteiger partial charge in [0, 0.05) is 19.2 Å². The predicted octanol–water partition coefficient (Wildman–Crippen LogP) is 0.940. The van der Waals surface area contributed by atoms with Crippen molar-refractivity contribution in [2.75, 3.05) is 26.4 Å². The summed E-state index contributed by atoms with van der Waals surface area (Å²) in [5.41, 5.74) is 4.93. The van der Waals surface area contributed by atoms with Gasteiger partial charge in [0.1, 0.15) is 12.4 Å². The lowest BCUT2D eigenvalue weighted by atomic mass is 10.4. The van der Waals surface area contributed by atoms with Crippen LogP contribution in [0, 0.1) is 0 Å². The standard InChI is InChI=1S/C12H18F3N3O3/c13-12(14,15)9-20-5-2-4-18-11(19)7-10(8-17-18)21-6-1-3-16/h7-8H,1-6,9,16H2. The van der Waals surface area contributed by atoms with Gasteiger partial charge in [-0.15, -0.1) is 0 Å². The second-order valence-corrected chi connectivity index (χ2v) is 4.26. The lowest BCUT2D eigenvalue weighted by Crippen LogP contribution is -2.23. The van der Waals surface area contributed by atoms with Crippen molar-refractivity contribution in [3.8, 4) is 5.75 Å². The van der Waals surface area contributed by atoms with Gasteiger partial charge in [0.15, 0.2) is 0 Å². The van der Waals surface area contributed by atoms with Crippen LogP contribution < -0.4 is 16.0 Å². The molecular weight excluding hydrogens is 291 g/mol. The Labute approximate surface area is 119 Å². The molecular formula is C12H18F3N3O3. The van der Waals surface area contributed by atoms with E-state index in [4.69, 9.17) is 10.5 Å². The van der Waals surface area contributed by atoms with Gasteiger partial charge >= 0.3 is 6.18 Å². The molecule has 1 rings (SSSR count). The Kier molecular flexibility index (Phi) is 7.17. The molecule has 0 amide bonds. The van der Waals surface area contributed by atoms with Crippen molar-refractivity contribution in [1.82, 2.24) is 9.78 Å². The molecule has 0 aliphatic carbocycles. The van der Waals surface area contributed by atoms with E-state index in [0.717, 1.165) is 4.68 Å². The van der Waals surface area contributed by atoms with Crippen LogP contribution in [0.1, 0.15) is 12.8 Å². The molecule has 1 aromatic heterocycles. The second-order valence-electron chi connectivity index (χ2n) is 4.26. The Morgan fingerprint density at radius 3 is 2.67 bits per heavy atom. The number of nitrogens with two attached hydrogens (primary N) is 1. The third kappa shape index (κ3) is 7.66. The summed E-state index contributed by atoms with van der Waals surface area (Å²) in [5.74, 6) is 0.345. The van der Waals surface area contributed by atoms with E-state index in [1.807, 2.05) is 0 Å². The first-order valence-electron chi connectivity index (χ1n) is 6.47. The van der Waals surface area contributed by atoms with E-state index < -0.39 is 12.8 Å². The molecule has 6 nitrogen and oxygen atoms in total. The lowest BCUT2D eigenvalue weighted by Gasteiger charge is -2.09. The molecule has 0 saturated carbocycles. The van der Waals surface area contributed by atoms with Crippen LogP contribution in [0.2, 0.25) is 0 Å². The molecule has 0 saturated heterocycles. The van der Waals surface area contributed by atoms with Crippen LogP contribution in [-0.2, 0) is 11.3 Å². The molecule has 0 bridgehead atoms. The van der Waals surface area contributed by atoms with Crippen LogP contribution >= 0.6 is 0 Å². The smallest absolute Gasteiger partial charge is 0.411 e. The summed E-state index contributed by atoms with van der Waals surface area (Å²) in [4.78, 5) is 11.7. The first kappa shape index (κ1) is 17.4. The zero-order valence-corrected chi connectivity index (χ0v) is 11.4. The molecule has 0 atom stereocenters. The van der Waals surface area contributed by atoms with E-state index >= 15 is 0 Å². The minimum atomic E-state index is -4.34. The van der Waals surface area contributed by atoms with Crippen molar-refractivity contribution in [2.45, 2.75) is 25.6 Å². The molecule has 1 aromatic rings. The number of halogens is 3. The maximum absolute atomic E-state index is 11.8. The van der Waals surface area contributed by atoms with Crippen LogP contribution in [0.25, 0.3) is 0 Å². The third-order valence-electron chi connectivity index (χ3n) is 2.39. The van der Waals surface area contributed by atoms with E-state index in [1.54, 1.807) is 0 Å². The summed E-state index contributed by atoms with van der Waals surface area (Å²) in [6.07, 6.45) is -2.03. The Bertz CT molecular complexity index is 477. The number of aromatic nitrogens is 2. The lowest BCUT2D eigenvalue weighted by molar-refractivity contribution is -0.174. The van der Waals surface area contributed by atoms with E-state index in [9.17, 15) is 18.0 Å². The molecule has 0 aliphatic heterocycles. The summed E-state index contributed by atoms with van der Waals surface area (Å²) in [5, 5.41) is 3.87. The number of aryl methyl sites for hydroxylation is 1. The van der Waals surface area contributed by atoms with Crippen molar-refractivity contribution in [2.24, 2.45) is 5.73 Å². The van der Waals surface area contributed by atoms with Gasteiger partial charge in [-0.05, 0) is 19.4 Å². The molecule has 0 fully saturated rings. The van der Waals surface area contributed by atoms with Crippen LogP contribution in [-0.4, -0.2) is 42.3 Å². The van der Waals surface area contributed by atoms with Crippen LogP contribution in [0.3, 0.4) is 0 Å². The topological polar surface area (TPSA) is 79.4 Å². The van der Waals surface area contributed by atoms with Crippen molar-refractivity contribution in [1.29, 1.82) is 0 Å². The van der Waals surface area contributed by atoms with Gasteiger partial charge in [-0.2, -0.15) is 18.3 Å². The summed E-state index contributed by atoms with van der Waals surface area (Å²) in [6.45, 7) is -0.319. The fraction of sp³-hybridized carbons (Fsp3) is 0.667. The van der Waals surface area contributed by atoms with Gasteiger partial charge in [-0.1, -0.05) is 0 Å². The van der Waals surface area contributed by atoms with Crippen LogP contribution in [0.15, 0.2) is 17.1 Å². The largest absolute Gasteiger partial charge is 0.492 e. The average molecular weight is 309 g/mol. The van der Waals surface area contributed by atoms with Crippen molar-refractivity contribution >= 4 is 0 Å². The van der Waals surface area contributed by atoms with Crippen molar-refractivity contribution in [3.05, 3.63) is 22.6 Å².